The van der Waals surface area contributed by atoms with E-state index in [9.17, 15) is 28.8 Å². The summed E-state index contributed by atoms with van der Waals surface area (Å²) in [7, 11) is 1.58. The van der Waals surface area contributed by atoms with Gasteiger partial charge in [0, 0.05) is 33.1 Å². The Morgan fingerprint density at radius 3 is 1.84 bits per heavy atom. The van der Waals surface area contributed by atoms with E-state index in [1.807, 2.05) is 105 Å². The summed E-state index contributed by atoms with van der Waals surface area (Å²) >= 11 is 0. The molecule has 3 aromatic rings. The van der Waals surface area contributed by atoms with Crippen LogP contribution < -0.4 is 5.73 Å². The number of piperidine rings is 1. The molecule has 3 fully saturated rings. The summed E-state index contributed by atoms with van der Waals surface area (Å²) in [6.45, 7) is 4.54. The molecule has 14 nitrogen and oxygen atoms in total. The Labute approximate surface area is 358 Å². The maximum absolute atomic E-state index is 14.9. The van der Waals surface area contributed by atoms with Gasteiger partial charge in [-0.1, -0.05) is 111 Å². The van der Waals surface area contributed by atoms with Gasteiger partial charge in [-0.25, -0.2) is 19.6 Å². The number of hydrogen-bond donors (Lipinski definition) is 1. The number of hydrogen-bond acceptors (Lipinski definition) is 9. The Balaban J connectivity index is 1.24. The number of nitrogens with two attached hydrogens (primary N) is 1. The molecule has 6 atom stereocenters. The van der Waals surface area contributed by atoms with Gasteiger partial charge in [-0.3, -0.25) is 19.2 Å². The average molecular weight is 837 g/mol. The lowest BCUT2D eigenvalue weighted by Crippen LogP contribution is -2.67. The summed E-state index contributed by atoms with van der Waals surface area (Å²) in [6, 6.07) is 23.0. The predicted molar refractivity (Wildman–Crippen MR) is 228 cm³/mol. The summed E-state index contributed by atoms with van der Waals surface area (Å²) in [5.41, 5.74) is 8.94. The maximum Gasteiger partial charge on any atom is 0.429 e. The molecule has 5 amide bonds. The van der Waals surface area contributed by atoms with Gasteiger partial charge in [-0.05, 0) is 67.6 Å². The molecule has 0 bridgehead atoms. The monoisotopic (exact) mass is 836 g/mol. The zero-order valence-electron chi connectivity index (χ0n) is 35.6. The fraction of sp³-hybridized carbons (Fsp3) is 0.489. The Morgan fingerprint density at radius 1 is 0.672 bits per heavy atom. The SMILES string of the molecule is CCC(C)[C@H](N)C(=O)N1C(C(=O)N2CCCC[C@H]2C(=O)N(C)[C@H](Cc2ccccc2)C(=O)N2CCC[C@H]2C(=O)OCc2ccccc2)CCCN1C(=O)OCc1ccccc1. The second-order valence-corrected chi connectivity index (χ2v) is 16.4. The molecule has 3 aliphatic rings. The number of benzene rings is 3. The third-order valence-corrected chi connectivity index (χ3v) is 12.3. The van der Waals surface area contributed by atoms with Gasteiger partial charge in [-0.2, -0.15) is 0 Å². The quantitative estimate of drug-likeness (QED) is 0.218. The number of likely N-dealkylation sites (N-methyl/N-ethyl adjacent to an activating group) is 1. The van der Waals surface area contributed by atoms with Crippen LogP contribution in [0.15, 0.2) is 91.0 Å². The van der Waals surface area contributed by atoms with Gasteiger partial charge in [0.2, 0.25) is 17.7 Å². The molecular formula is C47H60N6O8. The lowest BCUT2D eigenvalue weighted by atomic mass is 9.95. The van der Waals surface area contributed by atoms with Crippen LogP contribution >= 0.6 is 0 Å². The minimum absolute atomic E-state index is 0.0286. The van der Waals surface area contributed by atoms with E-state index in [2.05, 4.69) is 0 Å². The summed E-state index contributed by atoms with van der Waals surface area (Å²) in [6.07, 6.45) is 3.34. The molecule has 0 aromatic heterocycles. The van der Waals surface area contributed by atoms with Crippen LogP contribution in [-0.2, 0) is 53.1 Å². The highest BCUT2D eigenvalue weighted by Gasteiger charge is 2.48. The van der Waals surface area contributed by atoms with Crippen LogP contribution in [0.5, 0.6) is 0 Å². The number of nitrogens with zero attached hydrogens (tertiary/aromatic N) is 5. The van der Waals surface area contributed by atoms with Crippen LogP contribution in [-0.4, -0.2) is 117 Å². The van der Waals surface area contributed by atoms with E-state index in [0.717, 1.165) is 16.7 Å². The second-order valence-electron chi connectivity index (χ2n) is 16.4. The molecule has 3 saturated heterocycles. The molecule has 3 heterocycles. The Morgan fingerprint density at radius 2 is 1.21 bits per heavy atom. The summed E-state index contributed by atoms with van der Waals surface area (Å²) < 4.78 is 11.4. The van der Waals surface area contributed by atoms with Gasteiger partial charge < -0.3 is 29.9 Å². The number of likely N-dealkylation sites (tertiary alicyclic amines) is 2. The molecule has 3 aliphatic heterocycles. The number of ether oxygens (including phenoxy) is 2. The molecule has 0 saturated carbocycles. The van der Waals surface area contributed by atoms with Crippen molar-refractivity contribution >= 4 is 35.7 Å². The standard InChI is InChI=1S/C47H60N6O8/c1-4-33(2)41(48)45(57)53-38(25-17-29-52(53)47(59)61-32-36-22-12-7-13-23-36)43(55)50-27-15-14-24-37(50)42(54)49(3)40(30-34-18-8-5-9-19-34)44(56)51-28-16-26-39(51)46(58)60-31-35-20-10-6-11-21-35/h5-13,18-23,33,37-41H,4,14-17,24-32,48H2,1-3H3/t33?,37-,38?,39-,40+,41-/m0/s1. The number of carbonyl (C=O) groups excluding carboxylic acids is 6. The van der Waals surface area contributed by atoms with Crippen LogP contribution in [0.25, 0.3) is 0 Å². The Hall–Kier alpha value is -5.76. The van der Waals surface area contributed by atoms with Crippen molar-refractivity contribution in [2.45, 2.75) is 115 Å². The van der Waals surface area contributed by atoms with Crippen molar-refractivity contribution in [3.8, 4) is 0 Å². The smallest absolute Gasteiger partial charge is 0.429 e. The van der Waals surface area contributed by atoms with Gasteiger partial charge in [0.1, 0.15) is 37.4 Å². The van der Waals surface area contributed by atoms with Crippen molar-refractivity contribution in [1.82, 2.24) is 24.7 Å². The lowest BCUT2D eigenvalue weighted by Gasteiger charge is -2.47. The van der Waals surface area contributed by atoms with Crippen LogP contribution in [0.3, 0.4) is 0 Å². The summed E-state index contributed by atoms with van der Waals surface area (Å²) in [4.78, 5) is 90.4. The highest BCUT2D eigenvalue weighted by atomic mass is 16.6. The minimum atomic E-state index is -1.12. The first kappa shape index (κ1) is 44.8. The number of carbonyl (C=O) groups is 6. The average Bonchev–Trinajstić information content (AvgIpc) is 3.81. The topological polar surface area (TPSA) is 163 Å². The largest absolute Gasteiger partial charge is 0.459 e. The van der Waals surface area contributed by atoms with E-state index >= 15 is 0 Å². The summed E-state index contributed by atoms with van der Waals surface area (Å²) in [5, 5.41) is 2.38. The highest BCUT2D eigenvalue weighted by molar-refractivity contribution is 5.96. The van der Waals surface area contributed by atoms with Gasteiger partial charge >= 0.3 is 12.1 Å². The van der Waals surface area contributed by atoms with Crippen LogP contribution in [0.2, 0.25) is 0 Å². The Kier molecular flexibility index (Phi) is 15.5. The molecular weight excluding hydrogens is 777 g/mol. The third-order valence-electron chi connectivity index (χ3n) is 12.3. The lowest BCUT2D eigenvalue weighted by molar-refractivity contribution is -0.172. The molecule has 6 rings (SSSR count). The van der Waals surface area contributed by atoms with Gasteiger partial charge in [0.05, 0.1) is 6.04 Å². The summed E-state index contributed by atoms with van der Waals surface area (Å²) in [5.74, 6) is -2.58. The predicted octanol–water partition coefficient (Wildman–Crippen LogP) is 5.09. The molecule has 0 aliphatic carbocycles. The van der Waals surface area contributed by atoms with Gasteiger partial charge in [0.15, 0.2) is 0 Å². The van der Waals surface area contributed by atoms with Gasteiger partial charge in [0.25, 0.3) is 5.91 Å². The molecule has 2 unspecified atom stereocenters. The van der Waals surface area contributed by atoms with Crippen LogP contribution in [0.1, 0.15) is 81.9 Å². The van der Waals surface area contributed by atoms with Crippen LogP contribution in [0.4, 0.5) is 4.79 Å². The first-order valence-electron chi connectivity index (χ1n) is 21.7. The number of esters is 1. The first-order chi connectivity index (χ1) is 29.5. The number of amides is 5. The van der Waals surface area contributed by atoms with E-state index in [1.165, 1.54) is 24.7 Å². The molecule has 326 valence electrons. The number of rotatable bonds is 14. The van der Waals surface area contributed by atoms with Gasteiger partial charge in [-0.15, -0.1) is 0 Å². The number of hydrazine groups is 1. The zero-order chi connectivity index (χ0) is 43.5. The van der Waals surface area contributed by atoms with E-state index in [1.54, 1.807) is 7.05 Å². The molecule has 61 heavy (non-hydrogen) atoms. The fourth-order valence-electron chi connectivity index (χ4n) is 8.51. The first-order valence-corrected chi connectivity index (χ1v) is 21.7. The fourth-order valence-corrected chi connectivity index (χ4v) is 8.51. The van der Waals surface area contributed by atoms with Crippen molar-refractivity contribution in [2.75, 3.05) is 26.7 Å². The van der Waals surface area contributed by atoms with Crippen molar-refractivity contribution < 1.29 is 38.2 Å². The molecule has 0 radical (unpaired) electrons. The maximum atomic E-state index is 14.9. The second kappa shape index (κ2) is 21.2. The van der Waals surface area contributed by atoms with Crippen molar-refractivity contribution in [1.29, 1.82) is 0 Å². The minimum Gasteiger partial charge on any atom is -0.459 e. The highest BCUT2D eigenvalue weighted by Crippen LogP contribution is 2.29. The zero-order valence-corrected chi connectivity index (χ0v) is 35.6. The normalized spacial score (nSPS) is 20.6. The van der Waals surface area contributed by atoms with E-state index in [0.29, 0.717) is 51.5 Å². The van der Waals surface area contributed by atoms with Crippen molar-refractivity contribution in [3.63, 3.8) is 0 Å². The van der Waals surface area contributed by atoms with E-state index in [-0.39, 0.29) is 51.0 Å². The molecule has 3 aromatic carbocycles. The Bertz CT molecular complexity index is 1970. The van der Waals surface area contributed by atoms with E-state index < -0.39 is 60.0 Å². The molecule has 14 heteroatoms. The molecule has 0 spiro atoms. The van der Waals surface area contributed by atoms with Crippen LogP contribution in [0, 0.1) is 5.92 Å². The van der Waals surface area contributed by atoms with Crippen molar-refractivity contribution in [2.24, 2.45) is 11.7 Å². The van der Waals surface area contributed by atoms with E-state index in [4.69, 9.17) is 15.2 Å². The molecule has 2 N–H and O–H groups in total. The third kappa shape index (κ3) is 10.8. The van der Waals surface area contributed by atoms with Crippen molar-refractivity contribution in [3.05, 3.63) is 108 Å².